The van der Waals surface area contributed by atoms with Crippen LogP contribution < -0.4 is 5.32 Å². The first-order valence-corrected chi connectivity index (χ1v) is 7.65. The average Bonchev–Trinajstić information content (AvgIpc) is 2.56. The van der Waals surface area contributed by atoms with Gasteiger partial charge >= 0.3 is 5.97 Å². The number of carbonyl (C=O) groups is 3. The van der Waals surface area contributed by atoms with Crippen LogP contribution in [0.3, 0.4) is 0 Å². The first-order valence-electron chi connectivity index (χ1n) is 7.65. The van der Waals surface area contributed by atoms with Crippen molar-refractivity contribution < 1.29 is 19.5 Å². The third-order valence-electron chi connectivity index (χ3n) is 3.77. The summed E-state index contributed by atoms with van der Waals surface area (Å²) in [6.45, 7) is 5.33. The SMILES string of the molecule is CCN1C(=O)C(Nc2cccnc2)=C(C(C)=O)C(C(=O)O)N1CC. The molecule has 0 saturated heterocycles. The van der Waals surface area contributed by atoms with E-state index in [1.807, 2.05) is 0 Å². The lowest BCUT2D eigenvalue weighted by Crippen LogP contribution is -2.60. The van der Waals surface area contributed by atoms with E-state index in [9.17, 15) is 19.5 Å². The number of hydrogen-bond acceptors (Lipinski definition) is 6. The first kappa shape index (κ1) is 17.6. The molecule has 0 spiro atoms. The summed E-state index contributed by atoms with van der Waals surface area (Å²) in [5.74, 6) is -2.08. The zero-order valence-corrected chi connectivity index (χ0v) is 13.8. The molecule has 8 heteroatoms. The Bertz CT molecular complexity index is 687. The second kappa shape index (κ2) is 7.22. The number of ketones is 1. The molecule has 0 radical (unpaired) electrons. The molecule has 1 aliphatic heterocycles. The minimum atomic E-state index is -1.22. The van der Waals surface area contributed by atoms with Gasteiger partial charge in [0.25, 0.3) is 5.91 Å². The van der Waals surface area contributed by atoms with Crippen LogP contribution in [0.15, 0.2) is 35.8 Å². The minimum Gasteiger partial charge on any atom is -0.480 e. The standard InChI is InChI=1S/C16H20N4O4/c1-4-19-14(16(23)24)12(10(3)21)13(15(22)20(19)5-2)18-11-7-6-8-17-9-11/h6-9,14,18H,4-5H2,1-3H3,(H,23,24). The van der Waals surface area contributed by atoms with Crippen molar-refractivity contribution in [3.05, 3.63) is 35.8 Å². The third kappa shape index (κ3) is 3.13. The fraction of sp³-hybridized carbons (Fsp3) is 0.375. The molecule has 1 atom stereocenters. The van der Waals surface area contributed by atoms with Crippen molar-refractivity contribution in [3.8, 4) is 0 Å². The largest absolute Gasteiger partial charge is 0.480 e. The number of carbonyl (C=O) groups excluding carboxylic acids is 2. The number of nitrogens with one attached hydrogen (secondary N) is 1. The molecule has 2 rings (SSSR count). The maximum absolute atomic E-state index is 12.8. The Morgan fingerprint density at radius 2 is 2.04 bits per heavy atom. The molecule has 0 aromatic carbocycles. The number of hydrogen-bond donors (Lipinski definition) is 2. The molecule has 2 heterocycles. The van der Waals surface area contributed by atoms with E-state index in [2.05, 4.69) is 10.3 Å². The van der Waals surface area contributed by atoms with Crippen LogP contribution in [0.4, 0.5) is 5.69 Å². The highest BCUT2D eigenvalue weighted by atomic mass is 16.4. The molecule has 24 heavy (non-hydrogen) atoms. The Labute approximate surface area is 139 Å². The van der Waals surface area contributed by atoms with Gasteiger partial charge in [0, 0.05) is 19.3 Å². The van der Waals surface area contributed by atoms with Crippen molar-refractivity contribution in [1.82, 2.24) is 15.0 Å². The number of amides is 1. The van der Waals surface area contributed by atoms with E-state index < -0.39 is 23.7 Å². The zero-order valence-electron chi connectivity index (χ0n) is 13.8. The second-order valence-electron chi connectivity index (χ2n) is 5.23. The van der Waals surface area contributed by atoms with E-state index in [0.717, 1.165) is 0 Å². The van der Waals surface area contributed by atoms with Crippen LogP contribution in [0.2, 0.25) is 0 Å². The van der Waals surface area contributed by atoms with E-state index in [1.165, 1.54) is 23.1 Å². The summed E-state index contributed by atoms with van der Waals surface area (Å²) in [5.41, 5.74) is 0.432. The molecule has 1 amide bonds. The summed E-state index contributed by atoms with van der Waals surface area (Å²) in [6, 6.07) is 2.14. The predicted molar refractivity (Wildman–Crippen MR) is 86.8 cm³/mol. The normalized spacial score (nSPS) is 18.7. The number of Topliss-reactive ketones (excluding diaryl/α,β-unsaturated/α-hetero) is 1. The Morgan fingerprint density at radius 1 is 1.33 bits per heavy atom. The van der Waals surface area contributed by atoms with Crippen LogP contribution in [0.5, 0.6) is 0 Å². The molecule has 128 valence electrons. The van der Waals surface area contributed by atoms with Crippen molar-refractivity contribution in [2.24, 2.45) is 0 Å². The predicted octanol–water partition coefficient (Wildman–Crippen LogP) is 0.889. The van der Waals surface area contributed by atoms with Crippen LogP contribution in [-0.4, -0.2) is 56.9 Å². The van der Waals surface area contributed by atoms with Gasteiger partial charge in [-0.05, 0) is 26.0 Å². The lowest BCUT2D eigenvalue weighted by Gasteiger charge is -2.42. The van der Waals surface area contributed by atoms with Gasteiger partial charge in [-0.2, -0.15) is 5.01 Å². The summed E-state index contributed by atoms with van der Waals surface area (Å²) in [4.78, 5) is 40.7. The number of pyridine rings is 1. The Kier molecular flexibility index (Phi) is 5.30. The summed E-state index contributed by atoms with van der Waals surface area (Å²) in [6.07, 6.45) is 3.07. The van der Waals surface area contributed by atoms with Crippen LogP contribution in [0, 0.1) is 0 Å². The van der Waals surface area contributed by atoms with Crippen molar-refractivity contribution in [2.75, 3.05) is 18.4 Å². The van der Waals surface area contributed by atoms with E-state index >= 15 is 0 Å². The van der Waals surface area contributed by atoms with E-state index in [-0.39, 0.29) is 17.8 Å². The fourth-order valence-electron chi connectivity index (χ4n) is 2.79. The number of rotatable bonds is 6. The highest BCUT2D eigenvalue weighted by molar-refractivity contribution is 6.11. The number of nitrogens with zero attached hydrogens (tertiary/aromatic N) is 3. The number of aliphatic carboxylic acids is 1. The molecule has 0 aliphatic carbocycles. The Morgan fingerprint density at radius 3 is 2.50 bits per heavy atom. The quantitative estimate of drug-likeness (QED) is 0.797. The van der Waals surface area contributed by atoms with Gasteiger partial charge in [-0.15, -0.1) is 0 Å². The van der Waals surface area contributed by atoms with Gasteiger partial charge in [0.1, 0.15) is 5.70 Å². The number of carboxylic acid groups (broad SMARTS) is 1. The Balaban J connectivity index is 2.62. The van der Waals surface area contributed by atoms with Crippen LogP contribution >= 0.6 is 0 Å². The zero-order chi connectivity index (χ0) is 17.9. The van der Waals surface area contributed by atoms with E-state index in [1.54, 1.807) is 32.2 Å². The topological polar surface area (TPSA) is 103 Å². The average molecular weight is 332 g/mol. The third-order valence-corrected chi connectivity index (χ3v) is 3.77. The van der Waals surface area contributed by atoms with Gasteiger partial charge in [0.05, 0.1) is 17.5 Å². The lowest BCUT2D eigenvalue weighted by molar-refractivity contribution is -0.162. The van der Waals surface area contributed by atoms with E-state index in [0.29, 0.717) is 12.2 Å². The summed E-state index contributed by atoms with van der Waals surface area (Å²) < 4.78 is 0. The molecule has 1 aromatic heterocycles. The maximum Gasteiger partial charge on any atom is 0.327 e. The first-order chi connectivity index (χ1) is 11.4. The minimum absolute atomic E-state index is 0.0190. The van der Waals surface area contributed by atoms with Gasteiger partial charge < -0.3 is 10.4 Å². The molecular formula is C16H20N4O4. The highest BCUT2D eigenvalue weighted by Crippen LogP contribution is 2.27. The fourth-order valence-corrected chi connectivity index (χ4v) is 2.79. The molecule has 8 nitrogen and oxygen atoms in total. The number of carboxylic acids is 1. The maximum atomic E-state index is 12.8. The molecule has 2 N–H and O–H groups in total. The monoisotopic (exact) mass is 332 g/mol. The van der Waals surface area contributed by atoms with Crippen molar-refractivity contribution >= 4 is 23.3 Å². The Hall–Kier alpha value is -2.74. The van der Waals surface area contributed by atoms with Crippen LogP contribution in [0.25, 0.3) is 0 Å². The van der Waals surface area contributed by atoms with Crippen LogP contribution in [0.1, 0.15) is 20.8 Å². The molecule has 0 bridgehead atoms. The molecular weight excluding hydrogens is 312 g/mol. The van der Waals surface area contributed by atoms with Gasteiger partial charge in [-0.3, -0.25) is 24.4 Å². The number of anilines is 1. The van der Waals surface area contributed by atoms with Gasteiger partial charge in [0.2, 0.25) is 0 Å². The molecule has 0 fully saturated rings. The summed E-state index contributed by atoms with van der Waals surface area (Å²) in [5, 5.41) is 15.2. The molecule has 1 unspecified atom stereocenters. The molecule has 1 aliphatic rings. The second-order valence-corrected chi connectivity index (χ2v) is 5.23. The van der Waals surface area contributed by atoms with Crippen molar-refractivity contribution in [1.29, 1.82) is 0 Å². The van der Waals surface area contributed by atoms with E-state index in [4.69, 9.17) is 0 Å². The number of hydrazine groups is 1. The van der Waals surface area contributed by atoms with Gasteiger partial charge in [-0.25, -0.2) is 0 Å². The summed E-state index contributed by atoms with van der Waals surface area (Å²) in [7, 11) is 0. The molecule has 0 saturated carbocycles. The lowest BCUT2D eigenvalue weighted by atomic mass is 9.97. The number of aromatic nitrogens is 1. The smallest absolute Gasteiger partial charge is 0.327 e. The van der Waals surface area contributed by atoms with Gasteiger partial charge in [0.15, 0.2) is 11.8 Å². The highest BCUT2D eigenvalue weighted by Gasteiger charge is 2.44. The van der Waals surface area contributed by atoms with Gasteiger partial charge in [-0.1, -0.05) is 6.92 Å². The van der Waals surface area contributed by atoms with Crippen molar-refractivity contribution in [2.45, 2.75) is 26.8 Å². The molecule has 1 aromatic rings. The van der Waals surface area contributed by atoms with Crippen molar-refractivity contribution in [3.63, 3.8) is 0 Å². The number of likely N-dealkylation sites (N-methyl/N-ethyl adjacent to an activating group) is 2. The summed E-state index contributed by atoms with van der Waals surface area (Å²) >= 11 is 0. The van der Waals surface area contributed by atoms with Crippen LogP contribution in [-0.2, 0) is 14.4 Å².